The molecular formula is C16H12ClN3O. The van der Waals surface area contributed by atoms with Crippen molar-refractivity contribution in [3.8, 4) is 0 Å². The van der Waals surface area contributed by atoms with Gasteiger partial charge in [0.15, 0.2) is 0 Å². The fourth-order valence-corrected chi connectivity index (χ4v) is 2.29. The molecule has 0 aliphatic carbocycles. The van der Waals surface area contributed by atoms with E-state index in [-0.39, 0.29) is 11.6 Å². The minimum absolute atomic E-state index is 0.279. The van der Waals surface area contributed by atoms with Crippen molar-refractivity contribution in [3.63, 3.8) is 0 Å². The van der Waals surface area contributed by atoms with Gasteiger partial charge in [0.05, 0.1) is 11.2 Å². The van der Waals surface area contributed by atoms with Crippen LogP contribution in [0.3, 0.4) is 0 Å². The van der Waals surface area contributed by atoms with E-state index in [0.717, 1.165) is 16.6 Å². The molecule has 104 valence electrons. The van der Waals surface area contributed by atoms with Crippen molar-refractivity contribution in [2.24, 2.45) is 0 Å². The maximum atomic E-state index is 12.3. The van der Waals surface area contributed by atoms with E-state index < -0.39 is 0 Å². The summed E-state index contributed by atoms with van der Waals surface area (Å²) in [5, 5.41) is 4.23. The number of carbonyl (C=O) groups is 1. The summed E-state index contributed by atoms with van der Waals surface area (Å²) in [5.74, 6) is -0.298. The van der Waals surface area contributed by atoms with Gasteiger partial charge in [-0.05, 0) is 31.2 Å². The largest absolute Gasteiger partial charge is 0.320 e. The van der Waals surface area contributed by atoms with Gasteiger partial charge in [-0.25, -0.2) is 0 Å². The zero-order valence-electron chi connectivity index (χ0n) is 11.3. The molecule has 5 heteroatoms. The van der Waals surface area contributed by atoms with E-state index in [2.05, 4.69) is 15.3 Å². The summed E-state index contributed by atoms with van der Waals surface area (Å²) in [5.41, 5.74) is 2.67. The molecule has 0 atom stereocenters. The second-order valence-corrected chi connectivity index (χ2v) is 5.08. The molecule has 0 aliphatic heterocycles. The van der Waals surface area contributed by atoms with Gasteiger partial charge in [-0.2, -0.15) is 0 Å². The molecule has 1 aromatic carbocycles. The van der Waals surface area contributed by atoms with Crippen LogP contribution in [0.4, 0.5) is 5.69 Å². The Morgan fingerprint density at radius 1 is 1.19 bits per heavy atom. The molecule has 4 nitrogen and oxygen atoms in total. The smallest absolute Gasteiger partial charge is 0.274 e. The van der Waals surface area contributed by atoms with Crippen LogP contribution in [0.1, 0.15) is 16.2 Å². The Morgan fingerprint density at radius 3 is 2.81 bits per heavy atom. The molecule has 3 aromatic rings. The number of hydrogen-bond acceptors (Lipinski definition) is 3. The number of fused-ring (bicyclic) bond motifs is 1. The molecule has 0 fully saturated rings. The van der Waals surface area contributed by atoms with Crippen molar-refractivity contribution in [3.05, 3.63) is 65.1 Å². The van der Waals surface area contributed by atoms with E-state index in [4.69, 9.17) is 11.6 Å². The lowest BCUT2D eigenvalue weighted by atomic mass is 10.1. The summed E-state index contributed by atoms with van der Waals surface area (Å²) in [6.45, 7) is 1.89. The monoisotopic (exact) mass is 297 g/mol. The zero-order valence-corrected chi connectivity index (χ0v) is 12.1. The standard InChI is InChI=1S/C16H12ClN3O/c1-10-8-14(12-4-2-3-5-13(12)19-10)20-16(21)15-9-11(17)6-7-18-15/h2-9H,1H3,(H,19,20,21). The van der Waals surface area contributed by atoms with Crippen molar-refractivity contribution >= 4 is 34.1 Å². The first-order chi connectivity index (χ1) is 10.1. The number of para-hydroxylation sites is 1. The van der Waals surface area contributed by atoms with Crippen LogP contribution >= 0.6 is 11.6 Å². The highest BCUT2D eigenvalue weighted by Gasteiger charge is 2.11. The number of rotatable bonds is 2. The Bertz CT molecular complexity index is 833. The number of carbonyl (C=O) groups excluding carboxylic acids is 1. The van der Waals surface area contributed by atoms with Crippen LogP contribution < -0.4 is 5.32 Å². The van der Waals surface area contributed by atoms with Crippen molar-refractivity contribution < 1.29 is 4.79 Å². The van der Waals surface area contributed by atoms with Gasteiger partial charge >= 0.3 is 0 Å². The summed E-state index contributed by atoms with van der Waals surface area (Å²) >= 11 is 5.88. The number of hydrogen-bond donors (Lipinski definition) is 1. The molecule has 0 radical (unpaired) electrons. The Hall–Kier alpha value is -2.46. The molecule has 0 spiro atoms. The molecule has 0 saturated carbocycles. The SMILES string of the molecule is Cc1cc(NC(=O)c2cc(Cl)ccn2)c2ccccc2n1. The number of amides is 1. The highest BCUT2D eigenvalue weighted by atomic mass is 35.5. The van der Waals surface area contributed by atoms with Crippen molar-refractivity contribution in [2.45, 2.75) is 6.92 Å². The van der Waals surface area contributed by atoms with E-state index in [1.54, 1.807) is 6.07 Å². The lowest BCUT2D eigenvalue weighted by Gasteiger charge is -2.09. The minimum atomic E-state index is -0.298. The molecular weight excluding hydrogens is 286 g/mol. The molecule has 2 heterocycles. The first-order valence-corrected chi connectivity index (χ1v) is 6.80. The van der Waals surface area contributed by atoms with E-state index in [9.17, 15) is 4.79 Å². The average molecular weight is 298 g/mol. The van der Waals surface area contributed by atoms with Crippen molar-refractivity contribution in [1.29, 1.82) is 0 Å². The number of halogens is 1. The Labute approximate surface area is 126 Å². The number of nitrogens with zero attached hydrogens (tertiary/aromatic N) is 2. The molecule has 0 aliphatic rings. The first-order valence-electron chi connectivity index (χ1n) is 6.43. The third kappa shape index (κ3) is 2.85. The molecule has 0 unspecified atom stereocenters. The highest BCUT2D eigenvalue weighted by Crippen LogP contribution is 2.23. The van der Waals surface area contributed by atoms with Crippen molar-refractivity contribution in [2.75, 3.05) is 5.32 Å². The summed E-state index contributed by atoms with van der Waals surface area (Å²) in [7, 11) is 0. The quantitative estimate of drug-likeness (QED) is 0.782. The van der Waals surface area contributed by atoms with Crippen LogP contribution in [-0.4, -0.2) is 15.9 Å². The summed E-state index contributed by atoms with van der Waals surface area (Å²) in [6.07, 6.45) is 1.51. The van der Waals surface area contributed by atoms with E-state index in [1.165, 1.54) is 12.3 Å². The number of benzene rings is 1. The van der Waals surface area contributed by atoms with Crippen LogP contribution in [0.15, 0.2) is 48.7 Å². The van der Waals surface area contributed by atoms with Crippen LogP contribution in [0.5, 0.6) is 0 Å². The molecule has 2 aromatic heterocycles. The Morgan fingerprint density at radius 2 is 2.00 bits per heavy atom. The second-order valence-electron chi connectivity index (χ2n) is 4.64. The van der Waals surface area contributed by atoms with Gasteiger partial charge in [-0.3, -0.25) is 14.8 Å². The van der Waals surface area contributed by atoms with Crippen molar-refractivity contribution in [1.82, 2.24) is 9.97 Å². The third-order valence-corrected chi connectivity index (χ3v) is 3.28. The maximum absolute atomic E-state index is 12.3. The second kappa shape index (κ2) is 5.50. The number of aryl methyl sites for hydroxylation is 1. The zero-order chi connectivity index (χ0) is 14.8. The Balaban J connectivity index is 2.00. The molecule has 0 saturated heterocycles. The van der Waals surface area contributed by atoms with Gasteiger partial charge in [0.1, 0.15) is 5.69 Å². The van der Waals surface area contributed by atoms with Gasteiger partial charge in [0.2, 0.25) is 0 Å². The highest BCUT2D eigenvalue weighted by molar-refractivity contribution is 6.31. The van der Waals surface area contributed by atoms with E-state index >= 15 is 0 Å². The number of nitrogens with one attached hydrogen (secondary N) is 1. The number of pyridine rings is 2. The van der Waals surface area contributed by atoms with Gasteiger partial charge in [-0.1, -0.05) is 29.8 Å². The third-order valence-electron chi connectivity index (χ3n) is 3.05. The van der Waals surface area contributed by atoms with Crippen LogP contribution in [0.2, 0.25) is 5.02 Å². The first kappa shape index (κ1) is 13.5. The van der Waals surface area contributed by atoms with Crippen LogP contribution in [0.25, 0.3) is 10.9 Å². The molecule has 1 N–H and O–H groups in total. The Kier molecular flexibility index (Phi) is 3.54. The summed E-state index contributed by atoms with van der Waals surface area (Å²) in [6, 6.07) is 12.7. The number of aromatic nitrogens is 2. The topological polar surface area (TPSA) is 54.9 Å². The normalized spacial score (nSPS) is 10.6. The van der Waals surface area contributed by atoms with Gasteiger partial charge in [0, 0.05) is 22.3 Å². The van der Waals surface area contributed by atoms with Gasteiger partial charge < -0.3 is 5.32 Å². The minimum Gasteiger partial charge on any atom is -0.320 e. The lowest BCUT2D eigenvalue weighted by Crippen LogP contribution is -2.14. The van der Waals surface area contributed by atoms with E-state index in [0.29, 0.717) is 10.7 Å². The molecule has 0 bridgehead atoms. The van der Waals surface area contributed by atoms with Gasteiger partial charge in [0.25, 0.3) is 5.91 Å². The van der Waals surface area contributed by atoms with Crippen LogP contribution in [0, 0.1) is 6.92 Å². The van der Waals surface area contributed by atoms with Gasteiger partial charge in [-0.15, -0.1) is 0 Å². The number of anilines is 1. The maximum Gasteiger partial charge on any atom is 0.274 e. The fourth-order valence-electron chi connectivity index (χ4n) is 2.13. The lowest BCUT2D eigenvalue weighted by molar-refractivity contribution is 0.102. The predicted octanol–water partition coefficient (Wildman–Crippen LogP) is 3.84. The molecule has 21 heavy (non-hydrogen) atoms. The summed E-state index contributed by atoms with van der Waals surface area (Å²) < 4.78 is 0. The van der Waals surface area contributed by atoms with Crippen LogP contribution in [-0.2, 0) is 0 Å². The fraction of sp³-hybridized carbons (Fsp3) is 0.0625. The predicted molar refractivity (Wildman–Crippen MR) is 83.7 cm³/mol. The molecule has 1 amide bonds. The average Bonchev–Trinajstić information content (AvgIpc) is 2.47. The van der Waals surface area contributed by atoms with E-state index in [1.807, 2.05) is 37.3 Å². The summed E-state index contributed by atoms with van der Waals surface area (Å²) in [4.78, 5) is 20.7. The molecule has 3 rings (SSSR count).